The number of anilines is 3. The number of urea groups is 1. The molecule has 0 saturated carbocycles. The largest absolute Gasteiger partial charge is 0.475 e. The molecule has 0 radical (unpaired) electrons. The number of aliphatic imine (C=N–C) groups is 2. The maximum Gasteiger partial charge on any atom is 0.323 e. The number of morpholine rings is 2. The van der Waals surface area contributed by atoms with Crippen LogP contribution in [0.5, 0.6) is 0 Å². The molecule has 3 saturated heterocycles. The van der Waals surface area contributed by atoms with Crippen molar-refractivity contribution in [3.05, 3.63) is 54.0 Å². The number of amides is 3. The average Bonchev–Trinajstić information content (AvgIpc) is 3.39. The highest BCUT2D eigenvalue weighted by atomic mass is 19.1. The minimum absolute atomic E-state index is 0.0370. The maximum absolute atomic E-state index is 15.5. The van der Waals surface area contributed by atoms with Crippen molar-refractivity contribution in [2.75, 3.05) is 68.0 Å². The van der Waals surface area contributed by atoms with Crippen molar-refractivity contribution in [2.24, 2.45) is 9.98 Å². The van der Waals surface area contributed by atoms with Gasteiger partial charge in [0.05, 0.1) is 55.2 Å². The second-order valence-electron chi connectivity index (χ2n) is 12.5. The molecule has 3 fully saturated rings. The summed E-state index contributed by atoms with van der Waals surface area (Å²) in [5.41, 5.74) is 0.308. The zero-order valence-corrected chi connectivity index (χ0v) is 26.9. The first-order valence-electron chi connectivity index (χ1n) is 16.0. The highest BCUT2D eigenvalue weighted by molar-refractivity contribution is 6.01. The fraction of sp³-hybridized carbons (Fsp3) is 0.485. The van der Waals surface area contributed by atoms with Gasteiger partial charge >= 0.3 is 6.03 Å². The topological polar surface area (TPSA) is 133 Å². The molecule has 4 aliphatic rings. The second-order valence-corrected chi connectivity index (χ2v) is 12.5. The zero-order valence-electron chi connectivity index (χ0n) is 26.9. The number of nitrogens with one attached hydrogen (secondary N) is 2. The van der Waals surface area contributed by atoms with Gasteiger partial charge in [-0.05, 0) is 57.9 Å². The summed E-state index contributed by atoms with van der Waals surface area (Å²) < 4.78 is 32.9. The number of likely N-dealkylation sites (N-methyl/N-ethyl adjacent to an activating group) is 1. The number of hydrogen-bond donors (Lipinski definition) is 2. The van der Waals surface area contributed by atoms with Crippen LogP contribution in [-0.2, 0) is 19.0 Å². The van der Waals surface area contributed by atoms with Crippen molar-refractivity contribution in [1.29, 1.82) is 0 Å². The van der Waals surface area contributed by atoms with Crippen LogP contribution in [0.15, 0.2) is 52.6 Å². The van der Waals surface area contributed by atoms with E-state index in [2.05, 4.69) is 25.5 Å². The lowest BCUT2D eigenvalue weighted by molar-refractivity contribution is -0.128. The van der Waals surface area contributed by atoms with E-state index < -0.39 is 17.4 Å². The summed E-state index contributed by atoms with van der Waals surface area (Å²) in [6.07, 6.45) is 6.38. The monoisotopic (exact) mass is 648 g/mol. The maximum atomic E-state index is 15.5. The van der Waals surface area contributed by atoms with Crippen molar-refractivity contribution in [3.63, 3.8) is 0 Å². The number of nitrogens with zero attached hydrogens (tertiary/aromatic N) is 6. The van der Waals surface area contributed by atoms with Crippen LogP contribution in [0, 0.1) is 5.82 Å². The molecule has 13 nitrogen and oxygen atoms in total. The Morgan fingerprint density at radius 1 is 1.06 bits per heavy atom. The molecule has 47 heavy (non-hydrogen) atoms. The number of fused-ring (bicyclic) bond motifs is 2. The number of carbonyl (C=O) groups excluding carboxylic acids is 2. The Bertz CT molecular complexity index is 1540. The van der Waals surface area contributed by atoms with Gasteiger partial charge < -0.3 is 39.5 Å². The minimum Gasteiger partial charge on any atom is -0.475 e. The summed E-state index contributed by atoms with van der Waals surface area (Å²) in [6, 6.07) is 7.24. The fourth-order valence-corrected chi connectivity index (χ4v) is 6.01. The van der Waals surface area contributed by atoms with Gasteiger partial charge in [0.1, 0.15) is 17.2 Å². The van der Waals surface area contributed by atoms with E-state index in [1.54, 1.807) is 23.2 Å². The summed E-state index contributed by atoms with van der Waals surface area (Å²) in [5.74, 6) is 0.157. The van der Waals surface area contributed by atoms with Crippen LogP contribution in [0.2, 0.25) is 0 Å². The van der Waals surface area contributed by atoms with E-state index in [-0.39, 0.29) is 29.5 Å². The Morgan fingerprint density at radius 3 is 2.51 bits per heavy atom. The third-order valence-electron chi connectivity index (χ3n) is 8.47. The Morgan fingerprint density at radius 2 is 1.83 bits per heavy atom. The molecular weight excluding hydrogens is 607 g/mol. The summed E-state index contributed by atoms with van der Waals surface area (Å²) in [6.45, 7) is 10.4. The third kappa shape index (κ3) is 8.06. The van der Waals surface area contributed by atoms with Crippen molar-refractivity contribution < 1.29 is 28.2 Å². The Labute approximate surface area is 273 Å². The van der Waals surface area contributed by atoms with E-state index in [1.165, 1.54) is 24.6 Å². The Kier molecular flexibility index (Phi) is 9.68. The molecule has 0 spiro atoms. The van der Waals surface area contributed by atoms with Crippen molar-refractivity contribution >= 4 is 47.2 Å². The predicted molar refractivity (Wildman–Crippen MR) is 177 cm³/mol. The number of aromatic nitrogens is 1. The fourth-order valence-electron chi connectivity index (χ4n) is 6.01. The number of halogens is 1. The molecule has 2 atom stereocenters. The standard InChI is InChI=1S/C33H41FN8O5/c1-4-40-20-33(2,3)46-21-36-31(42-18-24-7-8-25(19-42)47-24)38-28(16-30(40)43)22-5-9-27(26(34)15-22)39-32(44)37-23-6-10-29(35-17-23)41-11-13-45-14-12-41/h5-6,9-10,15-17,21,24-25H,4,7-8,11-14,18-20H2,1-3H3,(H2,37,39,44). The highest BCUT2D eigenvalue weighted by Gasteiger charge is 2.35. The Hall–Kier alpha value is -4.56. The molecule has 5 heterocycles. The van der Waals surface area contributed by atoms with E-state index >= 15 is 4.39 Å². The van der Waals surface area contributed by atoms with Gasteiger partial charge in [0.15, 0.2) is 6.40 Å². The average molecular weight is 649 g/mol. The van der Waals surface area contributed by atoms with Crippen LogP contribution in [-0.4, -0.2) is 109 Å². The van der Waals surface area contributed by atoms with E-state index in [0.29, 0.717) is 56.6 Å². The number of likely N-dealkylation sites (tertiary alicyclic amines) is 1. The molecule has 2 unspecified atom stereocenters. The summed E-state index contributed by atoms with van der Waals surface area (Å²) >= 11 is 0. The van der Waals surface area contributed by atoms with Crippen LogP contribution in [0.25, 0.3) is 5.70 Å². The second kappa shape index (κ2) is 14.1. The molecule has 2 aromatic rings. The first-order valence-corrected chi connectivity index (χ1v) is 16.0. The van der Waals surface area contributed by atoms with Crippen molar-refractivity contribution in [1.82, 2.24) is 14.8 Å². The molecule has 6 rings (SSSR count). The highest BCUT2D eigenvalue weighted by Crippen LogP contribution is 2.29. The van der Waals surface area contributed by atoms with Crippen LogP contribution in [0.3, 0.4) is 0 Å². The molecule has 0 aliphatic carbocycles. The summed E-state index contributed by atoms with van der Waals surface area (Å²) in [5, 5.41) is 5.24. The van der Waals surface area contributed by atoms with Gasteiger partial charge in [-0.2, -0.15) is 4.99 Å². The van der Waals surface area contributed by atoms with Gasteiger partial charge in [0.2, 0.25) is 11.9 Å². The number of hydrogen-bond acceptors (Lipinski definition) is 10. The number of ether oxygens (including phenoxy) is 3. The molecule has 4 aliphatic heterocycles. The lowest BCUT2D eigenvalue weighted by Gasteiger charge is -2.33. The van der Waals surface area contributed by atoms with Crippen LogP contribution in [0.4, 0.5) is 26.4 Å². The van der Waals surface area contributed by atoms with Crippen LogP contribution < -0.4 is 15.5 Å². The van der Waals surface area contributed by atoms with E-state index in [9.17, 15) is 9.59 Å². The number of guanidine groups is 1. The lowest BCUT2D eigenvalue weighted by atomic mass is 10.1. The van der Waals surface area contributed by atoms with E-state index in [0.717, 1.165) is 31.7 Å². The molecule has 250 valence electrons. The normalized spacial score (nSPS) is 23.0. The molecule has 2 N–H and O–H groups in total. The minimum atomic E-state index is -0.705. The first kappa shape index (κ1) is 32.4. The molecular formula is C33H41FN8O5. The molecule has 2 bridgehead atoms. The summed E-state index contributed by atoms with van der Waals surface area (Å²) in [4.78, 5) is 45.8. The van der Waals surface area contributed by atoms with E-state index in [1.807, 2.05) is 31.7 Å². The van der Waals surface area contributed by atoms with Crippen molar-refractivity contribution in [3.8, 4) is 0 Å². The molecule has 3 amide bonds. The summed E-state index contributed by atoms with van der Waals surface area (Å²) in [7, 11) is 0. The van der Waals surface area contributed by atoms with Gasteiger partial charge in [-0.15, -0.1) is 0 Å². The van der Waals surface area contributed by atoms with E-state index in [4.69, 9.17) is 19.2 Å². The molecule has 1 aromatic heterocycles. The van der Waals surface area contributed by atoms with Crippen LogP contribution in [0.1, 0.15) is 39.2 Å². The SMILES string of the molecule is CCN1CC(C)(C)OC=NC(N2CC3CCC(C2)O3)=NC(c2ccc(NC(=O)Nc3ccc(N4CCOCC4)nc3)c(F)c2)=CC1=O. The molecule has 14 heteroatoms. The zero-order chi connectivity index (χ0) is 33.0. The van der Waals surface area contributed by atoms with Crippen molar-refractivity contribution in [2.45, 2.75) is 51.4 Å². The predicted octanol–water partition coefficient (Wildman–Crippen LogP) is 3.95. The lowest BCUT2D eigenvalue weighted by Crippen LogP contribution is -2.45. The first-order chi connectivity index (χ1) is 22.7. The number of benzene rings is 1. The third-order valence-corrected chi connectivity index (χ3v) is 8.47. The molecule has 1 aromatic carbocycles. The quantitative estimate of drug-likeness (QED) is 0.498. The number of pyridine rings is 1. The smallest absolute Gasteiger partial charge is 0.323 e. The number of rotatable bonds is 5. The van der Waals surface area contributed by atoms with Gasteiger partial charge in [0, 0.05) is 44.4 Å². The van der Waals surface area contributed by atoms with Gasteiger partial charge in [-0.3, -0.25) is 4.79 Å². The van der Waals surface area contributed by atoms with Gasteiger partial charge in [-0.25, -0.2) is 19.2 Å². The van der Waals surface area contributed by atoms with Gasteiger partial charge in [-0.1, -0.05) is 6.07 Å². The van der Waals surface area contributed by atoms with Crippen LogP contribution >= 0.6 is 0 Å². The Balaban J connectivity index is 1.22. The number of carbonyl (C=O) groups is 2. The van der Waals surface area contributed by atoms with Gasteiger partial charge in [0.25, 0.3) is 0 Å².